The summed E-state index contributed by atoms with van der Waals surface area (Å²) >= 11 is 6.14. The molecule has 0 radical (unpaired) electrons. The van der Waals surface area contributed by atoms with Crippen molar-refractivity contribution in [1.29, 1.82) is 0 Å². The van der Waals surface area contributed by atoms with Crippen LogP contribution in [0.4, 0.5) is 20.2 Å². The predicted molar refractivity (Wildman–Crippen MR) is 89.8 cm³/mol. The molecule has 1 N–H and O–H groups in total. The molecule has 0 unspecified atom stereocenters. The normalized spacial score (nSPS) is 16.7. The minimum absolute atomic E-state index is 0.188. The zero-order valence-corrected chi connectivity index (χ0v) is 13.8. The maximum Gasteiger partial charge on any atom is 0.275 e. The summed E-state index contributed by atoms with van der Waals surface area (Å²) in [5.74, 6) is -1.98. The van der Waals surface area contributed by atoms with Crippen LogP contribution in [0.25, 0.3) is 0 Å². The van der Waals surface area contributed by atoms with Crippen LogP contribution in [0.2, 0.25) is 5.02 Å². The molecule has 1 aliphatic heterocycles. The summed E-state index contributed by atoms with van der Waals surface area (Å²) in [7, 11) is 0. The molecule has 0 saturated carbocycles. The first-order valence-electron chi connectivity index (χ1n) is 7.67. The molecule has 0 aromatic heterocycles. The van der Waals surface area contributed by atoms with Crippen LogP contribution in [0.1, 0.15) is 18.4 Å². The Balaban J connectivity index is 1.83. The average Bonchev–Trinajstić information content (AvgIpc) is 2.56. The van der Waals surface area contributed by atoms with Crippen molar-refractivity contribution in [1.82, 2.24) is 0 Å². The van der Waals surface area contributed by atoms with Crippen molar-refractivity contribution in [2.24, 2.45) is 0 Å². The highest BCUT2D eigenvalue weighted by molar-refractivity contribution is 6.31. The first-order chi connectivity index (χ1) is 11.8. The molecule has 0 bridgehead atoms. The van der Waals surface area contributed by atoms with E-state index in [1.165, 1.54) is 4.90 Å². The summed E-state index contributed by atoms with van der Waals surface area (Å²) in [6.07, 6.45) is 0.458. The molecule has 1 heterocycles. The molecule has 132 valence electrons. The number of nitro groups is 1. The fourth-order valence-corrected chi connectivity index (χ4v) is 3.48. The third-order valence-electron chi connectivity index (χ3n) is 4.49. The molecule has 5 nitrogen and oxygen atoms in total. The quantitative estimate of drug-likeness (QED) is 0.656. The third kappa shape index (κ3) is 3.29. The fourth-order valence-electron chi connectivity index (χ4n) is 3.17. The van der Waals surface area contributed by atoms with Gasteiger partial charge >= 0.3 is 0 Å². The van der Waals surface area contributed by atoms with Crippen LogP contribution in [-0.2, 0) is 5.60 Å². The molecule has 25 heavy (non-hydrogen) atoms. The van der Waals surface area contributed by atoms with E-state index < -0.39 is 27.8 Å². The van der Waals surface area contributed by atoms with Crippen molar-refractivity contribution >= 4 is 23.0 Å². The zero-order valence-electron chi connectivity index (χ0n) is 13.1. The number of benzene rings is 2. The topological polar surface area (TPSA) is 66.6 Å². The first kappa shape index (κ1) is 17.6. The summed E-state index contributed by atoms with van der Waals surface area (Å²) in [5, 5.41) is 22.0. The fraction of sp³-hybridized carbons (Fsp3) is 0.294. The van der Waals surface area contributed by atoms with Gasteiger partial charge in [-0.3, -0.25) is 10.1 Å². The highest BCUT2D eigenvalue weighted by Crippen LogP contribution is 2.39. The lowest BCUT2D eigenvalue weighted by molar-refractivity contribution is -0.385. The monoisotopic (exact) mass is 368 g/mol. The lowest BCUT2D eigenvalue weighted by Gasteiger charge is -2.40. The van der Waals surface area contributed by atoms with Gasteiger partial charge < -0.3 is 10.0 Å². The van der Waals surface area contributed by atoms with Crippen molar-refractivity contribution in [2.75, 3.05) is 18.0 Å². The van der Waals surface area contributed by atoms with Gasteiger partial charge in [-0.2, -0.15) is 0 Å². The number of aliphatic hydroxyl groups is 1. The van der Waals surface area contributed by atoms with E-state index in [-0.39, 0.29) is 31.6 Å². The lowest BCUT2D eigenvalue weighted by atomic mass is 9.84. The van der Waals surface area contributed by atoms with Crippen molar-refractivity contribution in [2.45, 2.75) is 18.4 Å². The third-order valence-corrected chi connectivity index (χ3v) is 4.82. The van der Waals surface area contributed by atoms with Gasteiger partial charge in [-0.25, -0.2) is 8.78 Å². The van der Waals surface area contributed by atoms with Gasteiger partial charge in [0.15, 0.2) is 11.6 Å². The van der Waals surface area contributed by atoms with Gasteiger partial charge in [0.1, 0.15) is 5.69 Å². The second-order valence-corrected chi connectivity index (χ2v) is 6.42. The van der Waals surface area contributed by atoms with Crippen LogP contribution in [0.3, 0.4) is 0 Å². The molecule has 2 aromatic carbocycles. The Labute approximate surface area is 147 Å². The van der Waals surface area contributed by atoms with E-state index in [4.69, 9.17) is 11.6 Å². The maximum absolute atomic E-state index is 14.2. The van der Waals surface area contributed by atoms with Crippen LogP contribution in [-0.4, -0.2) is 23.1 Å². The van der Waals surface area contributed by atoms with Gasteiger partial charge in [0, 0.05) is 23.7 Å². The number of hydrogen-bond donors (Lipinski definition) is 1. The van der Waals surface area contributed by atoms with Crippen LogP contribution in [0, 0.1) is 21.7 Å². The molecule has 0 aliphatic carbocycles. The van der Waals surface area contributed by atoms with Crippen molar-refractivity contribution in [3.8, 4) is 0 Å². The first-order valence-corrected chi connectivity index (χ1v) is 8.05. The van der Waals surface area contributed by atoms with E-state index in [1.807, 2.05) is 0 Å². The number of rotatable bonds is 3. The molecule has 1 fully saturated rings. The Kier molecular flexibility index (Phi) is 4.62. The SMILES string of the molecule is O=[N+]([O-])c1cc(F)c(N2CCC(O)(c3ccccc3Cl)CC2)c(F)c1. The Hall–Kier alpha value is -2.25. The maximum atomic E-state index is 14.2. The number of nitrogens with zero attached hydrogens (tertiary/aromatic N) is 2. The van der Waals surface area contributed by atoms with Crippen LogP contribution in [0.15, 0.2) is 36.4 Å². The molecule has 1 saturated heterocycles. The molecule has 0 spiro atoms. The highest BCUT2D eigenvalue weighted by Gasteiger charge is 2.37. The number of anilines is 1. The van der Waals surface area contributed by atoms with Gasteiger partial charge in [-0.05, 0) is 18.9 Å². The molecule has 1 aliphatic rings. The van der Waals surface area contributed by atoms with Crippen molar-refractivity contribution in [3.05, 3.63) is 68.7 Å². The minimum atomic E-state index is -1.18. The number of hydrogen-bond acceptors (Lipinski definition) is 4. The van der Waals surface area contributed by atoms with Crippen molar-refractivity contribution < 1.29 is 18.8 Å². The van der Waals surface area contributed by atoms with E-state index in [0.717, 1.165) is 0 Å². The Morgan fingerprint density at radius 2 is 1.72 bits per heavy atom. The molecular weight excluding hydrogens is 354 g/mol. The molecule has 2 aromatic rings. The number of piperidine rings is 1. The summed E-state index contributed by atoms with van der Waals surface area (Å²) in [6.45, 7) is 0.376. The van der Waals surface area contributed by atoms with Gasteiger partial charge in [0.25, 0.3) is 5.69 Å². The zero-order chi connectivity index (χ0) is 18.2. The van der Waals surface area contributed by atoms with E-state index in [0.29, 0.717) is 22.7 Å². The smallest absolute Gasteiger partial charge is 0.275 e. The van der Waals surface area contributed by atoms with Crippen LogP contribution in [0.5, 0.6) is 0 Å². The lowest BCUT2D eigenvalue weighted by Crippen LogP contribution is -2.43. The second-order valence-electron chi connectivity index (χ2n) is 6.01. The Bertz CT molecular complexity index is 800. The second kappa shape index (κ2) is 6.57. The van der Waals surface area contributed by atoms with E-state index in [9.17, 15) is 24.0 Å². The minimum Gasteiger partial charge on any atom is -0.385 e. The Morgan fingerprint density at radius 3 is 2.24 bits per heavy atom. The van der Waals surface area contributed by atoms with Gasteiger partial charge in [0.05, 0.1) is 22.7 Å². The molecule has 0 atom stereocenters. The Morgan fingerprint density at radius 1 is 1.16 bits per heavy atom. The molecule has 0 amide bonds. The standard InChI is InChI=1S/C17H15ClF2N2O3/c18-13-4-2-1-3-12(13)17(23)5-7-21(8-6-17)16-14(19)9-11(22(24)25)10-15(16)20/h1-4,9-10,23H,5-8H2. The van der Waals surface area contributed by atoms with Gasteiger partial charge in [-0.15, -0.1) is 0 Å². The van der Waals surface area contributed by atoms with Gasteiger partial charge in [0.2, 0.25) is 0 Å². The number of nitro benzene ring substituents is 1. The average molecular weight is 369 g/mol. The molecule has 8 heteroatoms. The number of non-ortho nitro benzene ring substituents is 1. The largest absolute Gasteiger partial charge is 0.385 e. The summed E-state index contributed by atoms with van der Waals surface area (Å²) in [5.41, 5.74) is -1.54. The molecular formula is C17H15ClF2N2O3. The summed E-state index contributed by atoms with van der Waals surface area (Å²) in [4.78, 5) is 11.3. The van der Waals surface area contributed by atoms with Crippen molar-refractivity contribution in [3.63, 3.8) is 0 Å². The van der Waals surface area contributed by atoms with Crippen LogP contribution >= 0.6 is 11.6 Å². The van der Waals surface area contributed by atoms with E-state index >= 15 is 0 Å². The van der Waals surface area contributed by atoms with E-state index in [2.05, 4.69) is 0 Å². The van der Waals surface area contributed by atoms with Gasteiger partial charge in [-0.1, -0.05) is 29.8 Å². The summed E-state index contributed by atoms with van der Waals surface area (Å²) < 4.78 is 28.3. The van der Waals surface area contributed by atoms with E-state index in [1.54, 1.807) is 24.3 Å². The van der Waals surface area contributed by atoms with Crippen LogP contribution < -0.4 is 4.90 Å². The highest BCUT2D eigenvalue weighted by atomic mass is 35.5. The molecule has 3 rings (SSSR count). The predicted octanol–water partition coefficient (Wildman–Crippen LogP) is 4.01. The summed E-state index contributed by atoms with van der Waals surface area (Å²) in [6, 6.07) is 8.33. The number of halogens is 3.